The van der Waals surface area contributed by atoms with Gasteiger partial charge in [0.1, 0.15) is 12.1 Å². The van der Waals surface area contributed by atoms with Crippen molar-refractivity contribution in [2.75, 3.05) is 18.0 Å². The number of aliphatic hydroxyl groups excluding tert-OH is 1. The van der Waals surface area contributed by atoms with E-state index in [1.165, 1.54) is 0 Å². The molecule has 0 spiro atoms. The van der Waals surface area contributed by atoms with E-state index in [4.69, 9.17) is 0 Å². The first-order valence-electron chi connectivity index (χ1n) is 6.68. The van der Waals surface area contributed by atoms with Gasteiger partial charge in [-0.15, -0.1) is 0 Å². The Balaban J connectivity index is 2.07. The summed E-state index contributed by atoms with van der Waals surface area (Å²) in [5.74, 6) is 0.996. The normalized spacial score (nSPS) is 18.1. The molecule has 1 N–H and O–H groups in total. The Labute approximate surface area is 109 Å². The van der Waals surface area contributed by atoms with Crippen LogP contribution in [0.3, 0.4) is 0 Å². The largest absolute Gasteiger partial charge is 0.393 e. The Morgan fingerprint density at radius 2 is 1.94 bits per heavy atom. The monoisotopic (exact) mass is 249 g/mol. The van der Waals surface area contributed by atoms with Crippen LogP contribution in [0.5, 0.6) is 0 Å². The van der Waals surface area contributed by atoms with Crippen molar-refractivity contribution in [3.8, 4) is 0 Å². The number of aromatic nitrogens is 2. The molecule has 0 amide bonds. The first-order chi connectivity index (χ1) is 8.44. The number of hydrogen-bond acceptors (Lipinski definition) is 4. The van der Waals surface area contributed by atoms with Crippen LogP contribution in [0.1, 0.15) is 39.3 Å². The number of rotatable bonds is 2. The van der Waals surface area contributed by atoms with Crippen LogP contribution in [0.15, 0.2) is 12.4 Å². The van der Waals surface area contributed by atoms with Crippen molar-refractivity contribution in [1.82, 2.24) is 9.97 Å². The highest BCUT2D eigenvalue weighted by Crippen LogP contribution is 2.22. The highest BCUT2D eigenvalue weighted by atomic mass is 16.3. The second-order valence-electron chi connectivity index (χ2n) is 6.32. The van der Waals surface area contributed by atoms with Gasteiger partial charge in [-0.25, -0.2) is 9.97 Å². The van der Waals surface area contributed by atoms with Crippen LogP contribution in [0, 0.1) is 5.41 Å². The van der Waals surface area contributed by atoms with Crippen molar-refractivity contribution in [2.24, 2.45) is 5.41 Å². The zero-order valence-electron chi connectivity index (χ0n) is 11.6. The fraction of sp³-hybridized carbons (Fsp3) is 0.714. The molecule has 0 aliphatic carbocycles. The molecular weight excluding hydrogens is 226 g/mol. The predicted molar refractivity (Wildman–Crippen MR) is 72.6 cm³/mol. The van der Waals surface area contributed by atoms with Gasteiger partial charge < -0.3 is 10.0 Å². The van der Waals surface area contributed by atoms with Crippen LogP contribution in [0.2, 0.25) is 0 Å². The van der Waals surface area contributed by atoms with Crippen molar-refractivity contribution in [2.45, 2.75) is 46.1 Å². The van der Waals surface area contributed by atoms with E-state index < -0.39 is 0 Å². The summed E-state index contributed by atoms with van der Waals surface area (Å²) in [6.07, 6.45) is 4.13. The quantitative estimate of drug-likeness (QED) is 0.871. The molecule has 1 aliphatic heterocycles. The minimum atomic E-state index is -0.142. The molecule has 1 aliphatic rings. The molecule has 1 fully saturated rings. The van der Waals surface area contributed by atoms with Gasteiger partial charge in [0.25, 0.3) is 0 Å². The predicted octanol–water partition coefficient (Wildman–Crippen LogP) is 2.03. The lowest BCUT2D eigenvalue weighted by Crippen LogP contribution is -2.36. The third kappa shape index (κ3) is 3.67. The maximum atomic E-state index is 9.52. The summed E-state index contributed by atoms with van der Waals surface area (Å²) in [6, 6.07) is 2.09. The van der Waals surface area contributed by atoms with Crippen LogP contribution in [0.4, 0.5) is 5.82 Å². The Bertz CT molecular complexity index is 392. The SMILES string of the molecule is CC(C)(C)Cc1cc(N2CCC(O)CC2)ncn1. The molecule has 2 rings (SSSR count). The molecule has 0 radical (unpaired) electrons. The van der Waals surface area contributed by atoms with Gasteiger partial charge >= 0.3 is 0 Å². The van der Waals surface area contributed by atoms with Crippen LogP contribution in [-0.4, -0.2) is 34.3 Å². The molecule has 0 bridgehead atoms. The number of hydrogen-bond donors (Lipinski definition) is 1. The molecule has 1 aromatic heterocycles. The molecule has 4 heteroatoms. The van der Waals surface area contributed by atoms with E-state index in [1.807, 2.05) is 0 Å². The Morgan fingerprint density at radius 3 is 2.56 bits per heavy atom. The maximum absolute atomic E-state index is 9.52. The lowest BCUT2D eigenvalue weighted by molar-refractivity contribution is 0.145. The van der Waals surface area contributed by atoms with Gasteiger partial charge in [0.15, 0.2) is 0 Å². The fourth-order valence-corrected chi connectivity index (χ4v) is 2.29. The lowest BCUT2D eigenvalue weighted by atomic mass is 9.90. The molecule has 4 nitrogen and oxygen atoms in total. The van der Waals surface area contributed by atoms with Gasteiger partial charge in [-0.3, -0.25) is 0 Å². The molecule has 18 heavy (non-hydrogen) atoms. The van der Waals surface area contributed by atoms with Crippen molar-refractivity contribution in [1.29, 1.82) is 0 Å². The summed E-state index contributed by atoms with van der Waals surface area (Å²) in [5.41, 5.74) is 1.34. The minimum Gasteiger partial charge on any atom is -0.393 e. The minimum absolute atomic E-state index is 0.142. The Kier molecular flexibility index (Phi) is 3.85. The third-order valence-electron chi connectivity index (χ3n) is 3.21. The molecule has 1 aromatic rings. The molecule has 100 valence electrons. The van der Waals surface area contributed by atoms with Crippen LogP contribution in [0.25, 0.3) is 0 Å². The molecule has 1 saturated heterocycles. The first kappa shape index (κ1) is 13.3. The molecular formula is C14H23N3O. The average Bonchev–Trinajstić information content (AvgIpc) is 2.28. The summed E-state index contributed by atoms with van der Waals surface area (Å²) in [5, 5.41) is 9.52. The second-order valence-corrected chi connectivity index (χ2v) is 6.32. The van der Waals surface area contributed by atoms with Gasteiger partial charge in [-0.2, -0.15) is 0 Å². The van der Waals surface area contributed by atoms with E-state index in [0.717, 1.165) is 43.9 Å². The van der Waals surface area contributed by atoms with E-state index in [1.54, 1.807) is 6.33 Å². The van der Waals surface area contributed by atoms with Gasteiger partial charge in [0.2, 0.25) is 0 Å². The third-order valence-corrected chi connectivity index (χ3v) is 3.21. The number of nitrogens with zero attached hydrogens (tertiary/aromatic N) is 3. The van der Waals surface area contributed by atoms with Gasteiger partial charge in [-0.05, 0) is 24.7 Å². The van der Waals surface area contributed by atoms with Gasteiger partial charge in [0.05, 0.1) is 6.10 Å². The van der Waals surface area contributed by atoms with Crippen molar-refractivity contribution < 1.29 is 5.11 Å². The fourth-order valence-electron chi connectivity index (χ4n) is 2.29. The summed E-state index contributed by atoms with van der Waals surface area (Å²) >= 11 is 0. The molecule has 0 aromatic carbocycles. The average molecular weight is 249 g/mol. The van der Waals surface area contributed by atoms with Gasteiger partial charge in [0, 0.05) is 24.8 Å². The van der Waals surface area contributed by atoms with E-state index in [2.05, 4.69) is 41.7 Å². The topological polar surface area (TPSA) is 49.2 Å². The maximum Gasteiger partial charge on any atom is 0.132 e. The summed E-state index contributed by atoms with van der Waals surface area (Å²) in [4.78, 5) is 10.9. The van der Waals surface area contributed by atoms with E-state index in [-0.39, 0.29) is 11.5 Å². The van der Waals surface area contributed by atoms with Crippen molar-refractivity contribution in [3.05, 3.63) is 18.1 Å². The molecule has 2 heterocycles. The van der Waals surface area contributed by atoms with Crippen LogP contribution >= 0.6 is 0 Å². The summed E-state index contributed by atoms with van der Waals surface area (Å²) in [6.45, 7) is 8.41. The van der Waals surface area contributed by atoms with E-state index in [9.17, 15) is 5.11 Å². The van der Waals surface area contributed by atoms with Crippen LogP contribution < -0.4 is 4.90 Å². The zero-order valence-corrected chi connectivity index (χ0v) is 11.6. The van der Waals surface area contributed by atoms with Crippen LogP contribution in [-0.2, 0) is 6.42 Å². The molecule has 0 saturated carbocycles. The Hall–Kier alpha value is -1.16. The van der Waals surface area contributed by atoms with E-state index >= 15 is 0 Å². The highest BCUT2D eigenvalue weighted by Gasteiger charge is 2.19. The molecule has 0 unspecified atom stereocenters. The number of piperidine rings is 1. The highest BCUT2D eigenvalue weighted by molar-refractivity contribution is 5.39. The zero-order chi connectivity index (χ0) is 13.2. The summed E-state index contributed by atoms with van der Waals surface area (Å²) in [7, 11) is 0. The lowest BCUT2D eigenvalue weighted by Gasteiger charge is -2.30. The Morgan fingerprint density at radius 1 is 1.28 bits per heavy atom. The van der Waals surface area contributed by atoms with E-state index in [0.29, 0.717) is 0 Å². The van der Waals surface area contributed by atoms with Crippen molar-refractivity contribution in [3.63, 3.8) is 0 Å². The summed E-state index contributed by atoms with van der Waals surface area (Å²) < 4.78 is 0. The van der Waals surface area contributed by atoms with Gasteiger partial charge in [-0.1, -0.05) is 20.8 Å². The smallest absolute Gasteiger partial charge is 0.132 e. The molecule has 0 atom stereocenters. The van der Waals surface area contributed by atoms with Crippen molar-refractivity contribution >= 4 is 5.82 Å². The number of aliphatic hydroxyl groups is 1. The number of anilines is 1. The second kappa shape index (κ2) is 5.22. The first-order valence-corrected chi connectivity index (χ1v) is 6.68. The standard InChI is InChI=1S/C14H23N3O/c1-14(2,3)9-11-8-13(16-10-15-11)17-6-4-12(18)5-7-17/h8,10,12,18H,4-7,9H2,1-3H3.